The number of unbranched alkanes of at least 4 members (excludes halogenated alkanes) is 1. The van der Waals surface area contributed by atoms with Crippen LogP contribution in [0.2, 0.25) is 0 Å². The van der Waals surface area contributed by atoms with Crippen molar-refractivity contribution < 1.29 is 33.0 Å². The molecule has 0 aliphatic heterocycles. The minimum absolute atomic E-state index is 0.0956. The molecule has 136 valence electrons. The molecular formula is C14H19F3N2O4S. The second-order valence-electron chi connectivity index (χ2n) is 5.43. The number of carbonyl (C=O) groups is 2. The largest absolute Gasteiger partial charge is 0.480 e. The number of amides is 1. The van der Waals surface area contributed by atoms with E-state index in [9.17, 15) is 27.9 Å². The van der Waals surface area contributed by atoms with Crippen LogP contribution in [0.1, 0.15) is 43.3 Å². The molecule has 0 aromatic carbocycles. The van der Waals surface area contributed by atoms with E-state index in [-0.39, 0.29) is 12.1 Å². The molecule has 1 rings (SSSR count). The van der Waals surface area contributed by atoms with Crippen LogP contribution in [0.15, 0.2) is 5.38 Å². The molecule has 0 saturated heterocycles. The lowest BCUT2D eigenvalue weighted by atomic mass is 9.98. The zero-order valence-corrected chi connectivity index (χ0v) is 14.0. The molecule has 6 nitrogen and oxygen atoms in total. The number of nitrogens with zero attached hydrogens (tertiary/aromatic N) is 1. The van der Waals surface area contributed by atoms with Crippen molar-refractivity contribution in [3.05, 3.63) is 16.1 Å². The van der Waals surface area contributed by atoms with Gasteiger partial charge in [0.15, 0.2) is 0 Å². The van der Waals surface area contributed by atoms with Gasteiger partial charge in [0.05, 0.1) is 6.42 Å². The Balaban J connectivity index is 2.95. The van der Waals surface area contributed by atoms with Crippen molar-refractivity contribution in [1.82, 2.24) is 10.3 Å². The lowest BCUT2D eigenvalue weighted by Crippen LogP contribution is -2.49. The monoisotopic (exact) mass is 368 g/mol. The van der Waals surface area contributed by atoms with Crippen LogP contribution in [0.5, 0.6) is 0 Å². The fraction of sp³-hybridized carbons (Fsp3) is 0.643. The topological polar surface area (TPSA) is 99.5 Å². The summed E-state index contributed by atoms with van der Waals surface area (Å²) in [6.45, 7) is 3.27. The molecule has 0 saturated carbocycles. The molecule has 1 aromatic heterocycles. The Labute approximate surface area is 140 Å². The Kier molecular flexibility index (Phi) is 6.73. The first kappa shape index (κ1) is 20.4. The van der Waals surface area contributed by atoms with Crippen LogP contribution in [-0.4, -0.2) is 39.3 Å². The maximum atomic E-state index is 13.3. The third kappa shape index (κ3) is 4.91. The van der Waals surface area contributed by atoms with E-state index in [0.29, 0.717) is 24.2 Å². The van der Waals surface area contributed by atoms with Crippen LogP contribution in [0.25, 0.3) is 0 Å². The van der Waals surface area contributed by atoms with Gasteiger partial charge in [0, 0.05) is 11.1 Å². The number of aliphatic carboxylic acids is 1. The van der Waals surface area contributed by atoms with Crippen LogP contribution >= 0.6 is 11.3 Å². The average molecular weight is 368 g/mol. The summed E-state index contributed by atoms with van der Waals surface area (Å²) in [6.07, 6.45) is -5.22. The first-order valence-electron chi connectivity index (χ1n) is 7.25. The number of rotatable bonds is 8. The van der Waals surface area contributed by atoms with E-state index in [2.05, 4.69) is 4.98 Å². The molecule has 0 radical (unpaired) electrons. The van der Waals surface area contributed by atoms with Gasteiger partial charge in [-0.3, -0.25) is 4.79 Å². The molecule has 0 fully saturated rings. The Hall–Kier alpha value is -1.68. The molecule has 24 heavy (non-hydrogen) atoms. The van der Waals surface area contributed by atoms with Gasteiger partial charge in [0.25, 0.3) is 0 Å². The van der Waals surface area contributed by atoms with E-state index >= 15 is 0 Å². The van der Waals surface area contributed by atoms with Gasteiger partial charge in [-0.25, -0.2) is 9.78 Å². The molecule has 10 heteroatoms. The van der Waals surface area contributed by atoms with Gasteiger partial charge in [0.1, 0.15) is 11.0 Å². The van der Waals surface area contributed by atoms with Crippen molar-refractivity contribution in [2.45, 2.75) is 57.3 Å². The summed E-state index contributed by atoms with van der Waals surface area (Å²) in [5.41, 5.74) is -3.17. The fourth-order valence-corrected chi connectivity index (χ4v) is 2.90. The van der Waals surface area contributed by atoms with Crippen LogP contribution in [0, 0.1) is 6.92 Å². The highest BCUT2D eigenvalue weighted by Gasteiger charge is 2.58. The molecule has 0 spiro atoms. The highest BCUT2D eigenvalue weighted by atomic mass is 32.1. The minimum Gasteiger partial charge on any atom is -0.480 e. The lowest BCUT2D eigenvalue weighted by molar-refractivity contribution is -0.267. The third-order valence-electron chi connectivity index (χ3n) is 3.34. The van der Waals surface area contributed by atoms with Gasteiger partial charge in [0.2, 0.25) is 11.5 Å². The van der Waals surface area contributed by atoms with E-state index in [0.717, 1.165) is 0 Å². The Bertz CT molecular complexity index is 591. The number of alkyl halides is 3. The number of nitrogens with one attached hydrogen (secondary N) is 1. The number of hydrogen-bond acceptors (Lipinski definition) is 5. The van der Waals surface area contributed by atoms with E-state index < -0.39 is 41.1 Å². The number of thiazole rings is 1. The van der Waals surface area contributed by atoms with E-state index in [4.69, 9.17) is 5.11 Å². The number of halogens is 3. The van der Waals surface area contributed by atoms with Crippen molar-refractivity contribution >= 4 is 23.2 Å². The van der Waals surface area contributed by atoms with Gasteiger partial charge in [-0.1, -0.05) is 19.8 Å². The van der Waals surface area contributed by atoms with Gasteiger partial charge in [-0.15, -0.1) is 11.3 Å². The maximum Gasteiger partial charge on any atom is 0.424 e. The second-order valence-corrected chi connectivity index (χ2v) is 6.29. The van der Waals surface area contributed by atoms with Gasteiger partial charge in [-0.05, 0) is 13.3 Å². The van der Waals surface area contributed by atoms with Crippen LogP contribution in [0.4, 0.5) is 13.2 Å². The van der Waals surface area contributed by atoms with Crippen LogP contribution in [-0.2, 0) is 15.2 Å². The second kappa shape index (κ2) is 7.93. The molecule has 0 aliphatic carbocycles. The van der Waals surface area contributed by atoms with Crippen LogP contribution in [0.3, 0.4) is 0 Å². The predicted octanol–water partition coefficient (Wildman–Crippen LogP) is 2.35. The summed E-state index contributed by atoms with van der Waals surface area (Å²) in [7, 11) is 0. The smallest absolute Gasteiger partial charge is 0.424 e. The average Bonchev–Trinajstić information content (AvgIpc) is 2.88. The first-order chi connectivity index (χ1) is 11.0. The van der Waals surface area contributed by atoms with Crippen molar-refractivity contribution in [2.75, 3.05) is 0 Å². The third-order valence-corrected chi connectivity index (χ3v) is 4.45. The zero-order chi connectivity index (χ0) is 18.5. The standard InChI is InChI=1S/C14H19F3N2O4S/c1-3-4-5-9(11(21)22)19-10(20)6-13(23,14(15,16)17)12-18-8(2)7-24-12/h7,9,23H,3-6H2,1-2H3,(H,19,20)(H,21,22). The quantitative estimate of drug-likeness (QED) is 0.654. The molecule has 1 aromatic rings. The SMILES string of the molecule is CCCCC(NC(=O)CC(O)(c1nc(C)cs1)C(F)(F)F)C(=O)O. The van der Waals surface area contributed by atoms with Crippen molar-refractivity contribution in [1.29, 1.82) is 0 Å². The van der Waals surface area contributed by atoms with Crippen molar-refractivity contribution in [3.8, 4) is 0 Å². The maximum absolute atomic E-state index is 13.3. The number of carboxylic acids is 1. The van der Waals surface area contributed by atoms with Gasteiger partial charge >= 0.3 is 12.1 Å². The summed E-state index contributed by atoms with van der Waals surface area (Å²) in [6, 6.07) is -1.30. The molecule has 2 atom stereocenters. The predicted molar refractivity (Wildman–Crippen MR) is 80.5 cm³/mol. The van der Waals surface area contributed by atoms with E-state index in [1.54, 1.807) is 0 Å². The van der Waals surface area contributed by atoms with Crippen molar-refractivity contribution in [2.24, 2.45) is 0 Å². The molecule has 0 aliphatic rings. The fourth-order valence-electron chi connectivity index (χ4n) is 1.98. The van der Waals surface area contributed by atoms with Gasteiger partial charge in [-0.2, -0.15) is 13.2 Å². The van der Waals surface area contributed by atoms with Gasteiger partial charge < -0.3 is 15.5 Å². The number of aromatic nitrogens is 1. The number of hydrogen-bond donors (Lipinski definition) is 3. The molecule has 3 N–H and O–H groups in total. The zero-order valence-electron chi connectivity index (χ0n) is 13.2. The molecule has 2 unspecified atom stereocenters. The Morgan fingerprint density at radius 1 is 1.42 bits per heavy atom. The highest BCUT2D eigenvalue weighted by molar-refractivity contribution is 7.09. The summed E-state index contributed by atoms with van der Waals surface area (Å²) in [5.74, 6) is -2.54. The van der Waals surface area contributed by atoms with Crippen molar-refractivity contribution in [3.63, 3.8) is 0 Å². The molecule has 1 heterocycles. The number of carbonyl (C=O) groups excluding carboxylic acids is 1. The summed E-state index contributed by atoms with van der Waals surface area (Å²) >= 11 is 0.587. The number of aliphatic hydroxyl groups is 1. The highest BCUT2D eigenvalue weighted by Crippen LogP contribution is 2.42. The summed E-state index contributed by atoms with van der Waals surface area (Å²) in [5, 5.41) is 21.8. The first-order valence-corrected chi connectivity index (χ1v) is 8.13. The van der Waals surface area contributed by atoms with Crippen LogP contribution < -0.4 is 5.32 Å². The minimum atomic E-state index is -5.13. The number of aryl methyl sites for hydroxylation is 1. The molecular weight excluding hydrogens is 349 g/mol. The lowest BCUT2D eigenvalue weighted by Gasteiger charge is -2.28. The Morgan fingerprint density at radius 3 is 2.46 bits per heavy atom. The summed E-state index contributed by atoms with van der Waals surface area (Å²) < 4.78 is 39.8. The number of carboxylic acid groups (broad SMARTS) is 1. The normalized spacial score (nSPS) is 15.6. The van der Waals surface area contributed by atoms with E-state index in [1.807, 2.05) is 12.2 Å². The molecule has 1 amide bonds. The Morgan fingerprint density at radius 2 is 2.04 bits per heavy atom. The summed E-state index contributed by atoms with van der Waals surface area (Å²) in [4.78, 5) is 26.6. The molecule has 0 bridgehead atoms. The van der Waals surface area contributed by atoms with E-state index in [1.165, 1.54) is 12.3 Å².